The highest BCUT2D eigenvalue weighted by molar-refractivity contribution is 6.02. The van der Waals surface area contributed by atoms with E-state index in [2.05, 4.69) is 170 Å². The second-order valence-corrected chi connectivity index (χ2v) is 14.8. The largest absolute Gasteiger partial charge is 0.208 e. The molecule has 1 aromatic heterocycles. The molecule has 0 amide bonds. The van der Waals surface area contributed by atoms with E-state index in [1.165, 1.54) is 50.1 Å². The van der Waals surface area contributed by atoms with Crippen LogP contribution in [0.1, 0.15) is 33.4 Å². The molecule has 2 aliphatic rings. The fourth-order valence-electron chi connectivity index (χ4n) is 9.16. The van der Waals surface area contributed by atoms with Crippen LogP contribution >= 0.6 is 0 Å². The van der Waals surface area contributed by atoms with E-state index in [1.807, 2.05) is 36.4 Å². The summed E-state index contributed by atoms with van der Waals surface area (Å²) in [5.41, 5.74) is 17.5. The van der Waals surface area contributed by atoms with Gasteiger partial charge in [0, 0.05) is 16.7 Å². The molecule has 57 heavy (non-hydrogen) atoms. The topological polar surface area (TPSA) is 38.7 Å². The Morgan fingerprint density at radius 3 is 1.40 bits per heavy atom. The van der Waals surface area contributed by atoms with Crippen LogP contribution in [0.5, 0.6) is 0 Å². The van der Waals surface area contributed by atoms with Crippen LogP contribution in [0.15, 0.2) is 207 Å². The zero-order valence-electron chi connectivity index (χ0n) is 31.1. The average molecular weight is 726 g/mol. The molecule has 1 heterocycles. The Morgan fingerprint density at radius 2 is 0.789 bits per heavy atom. The van der Waals surface area contributed by atoms with Gasteiger partial charge in [-0.3, -0.25) is 0 Å². The number of benzene rings is 8. The van der Waals surface area contributed by atoms with Gasteiger partial charge in [0.2, 0.25) is 0 Å². The maximum atomic E-state index is 5.30. The molecule has 3 heteroatoms. The molecule has 2 aliphatic carbocycles. The minimum absolute atomic E-state index is 0.567. The fraction of sp³-hybridized carbons (Fsp3) is 0.0185. The van der Waals surface area contributed by atoms with Crippen LogP contribution in [0.25, 0.3) is 73.1 Å². The minimum Gasteiger partial charge on any atom is -0.208 e. The van der Waals surface area contributed by atoms with Gasteiger partial charge in [0.15, 0.2) is 17.5 Å². The third-order valence-electron chi connectivity index (χ3n) is 11.7. The monoisotopic (exact) mass is 725 g/mol. The lowest BCUT2D eigenvalue weighted by Crippen LogP contribution is -2.28. The fourth-order valence-corrected chi connectivity index (χ4v) is 9.16. The summed E-state index contributed by atoms with van der Waals surface area (Å²) in [6.07, 6.45) is 0. The lowest BCUT2D eigenvalue weighted by molar-refractivity contribution is 0.769. The molecule has 266 valence electrons. The Kier molecular flexibility index (Phi) is 7.55. The molecule has 0 bridgehead atoms. The number of aromatic nitrogens is 3. The molecule has 0 N–H and O–H groups in total. The maximum absolute atomic E-state index is 5.30. The molecule has 0 atom stereocenters. The Balaban J connectivity index is 1.26. The van der Waals surface area contributed by atoms with E-state index in [0.29, 0.717) is 17.5 Å². The van der Waals surface area contributed by atoms with Gasteiger partial charge in [-0.2, -0.15) is 0 Å². The predicted octanol–water partition coefficient (Wildman–Crippen LogP) is 12.9. The molecule has 9 aromatic rings. The highest BCUT2D eigenvalue weighted by Gasteiger charge is 2.46. The van der Waals surface area contributed by atoms with Crippen LogP contribution in [0.3, 0.4) is 0 Å². The zero-order valence-corrected chi connectivity index (χ0v) is 31.1. The molecule has 0 saturated heterocycles. The lowest BCUT2D eigenvalue weighted by atomic mass is 9.67. The lowest BCUT2D eigenvalue weighted by Gasteiger charge is -2.34. The first-order valence-corrected chi connectivity index (χ1v) is 19.4. The van der Waals surface area contributed by atoms with Crippen molar-refractivity contribution in [2.24, 2.45) is 0 Å². The second kappa shape index (κ2) is 13.1. The van der Waals surface area contributed by atoms with Gasteiger partial charge in [0.1, 0.15) is 0 Å². The SMILES string of the molecule is C=C1c2ccccc2-c2cc(-c3cc4c(cc3-c3nc(-c5ccccc5)nc(-c5ccccc5)n3)-c3ccccc3C4(c3ccccc3)c3ccccc3)ccc21. The standard InChI is InChI=1S/C54H35N3/c1-35-41-26-14-15-27-43(41)46-32-38(30-31-42(35)46)45-34-50-47(44-28-16-17-29-49(44)54(50,39-22-10-4-11-23-39)40-24-12-5-13-25-40)33-48(45)53-56-51(36-18-6-2-7-19-36)55-52(57-53)37-20-8-3-9-21-37/h2-34H,1H2. The van der Waals surface area contributed by atoms with Gasteiger partial charge in [-0.15, -0.1) is 0 Å². The molecule has 0 saturated carbocycles. The van der Waals surface area contributed by atoms with Crippen LogP contribution in [-0.4, -0.2) is 15.0 Å². The van der Waals surface area contributed by atoms with E-state index in [-0.39, 0.29) is 0 Å². The highest BCUT2D eigenvalue weighted by Crippen LogP contribution is 2.58. The van der Waals surface area contributed by atoms with Gasteiger partial charge in [0.05, 0.1) is 5.41 Å². The first-order valence-electron chi connectivity index (χ1n) is 19.4. The first kappa shape index (κ1) is 32.9. The molecular weight excluding hydrogens is 691 g/mol. The maximum Gasteiger partial charge on any atom is 0.164 e. The molecule has 0 fully saturated rings. The summed E-state index contributed by atoms with van der Waals surface area (Å²) in [5, 5.41) is 0. The summed E-state index contributed by atoms with van der Waals surface area (Å²) < 4.78 is 0. The first-order chi connectivity index (χ1) is 28.2. The van der Waals surface area contributed by atoms with Crippen molar-refractivity contribution in [3.63, 3.8) is 0 Å². The van der Waals surface area contributed by atoms with E-state index in [0.717, 1.165) is 39.0 Å². The van der Waals surface area contributed by atoms with Gasteiger partial charge >= 0.3 is 0 Å². The van der Waals surface area contributed by atoms with Gasteiger partial charge < -0.3 is 0 Å². The highest BCUT2D eigenvalue weighted by atomic mass is 15.0. The van der Waals surface area contributed by atoms with E-state index in [1.54, 1.807) is 0 Å². The van der Waals surface area contributed by atoms with Gasteiger partial charge in [-0.25, -0.2) is 15.0 Å². The number of fused-ring (bicyclic) bond motifs is 6. The van der Waals surface area contributed by atoms with Crippen LogP contribution in [-0.2, 0) is 5.41 Å². The van der Waals surface area contributed by atoms with Crippen molar-refractivity contribution in [2.75, 3.05) is 0 Å². The van der Waals surface area contributed by atoms with Crippen molar-refractivity contribution in [1.29, 1.82) is 0 Å². The second-order valence-electron chi connectivity index (χ2n) is 14.8. The van der Waals surface area contributed by atoms with Crippen molar-refractivity contribution in [3.8, 4) is 67.5 Å². The Hall–Kier alpha value is -7.49. The van der Waals surface area contributed by atoms with Crippen LogP contribution in [0, 0.1) is 0 Å². The van der Waals surface area contributed by atoms with Gasteiger partial charge in [-0.05, 0) is 90.5 Å². The number of hydrogen-bond acceptors (Lipinski definition) is 3. The van der Waals surface area contributed by atoms with Crippen molar-refractivity contribution in [2.45, 2.75) is 5.41 Å². The minimum atomic E-state index is -0.567. The van der Waals surface area contributed by atoms with Crippen LogP contribution in [0.4, 0.5) is 0 Å². The van der Waals surface area contributed by atoms with Gasteiger partial charge in [-0.1, -0.05) is 189 Å². The summed E-state index contributed by atoms with van der Waals surface area (Å²) in [6.45, 7) is 4.51. The van der Waals surface area contributed by atoms with Gasteiger partial charge in [0.25, 0.3) is 0 Å². The third kappa shape index (κ3) is 5.10. The summed E-state index contributed by atoms with van der Waals surface area (Å²) in [5.74, 6) is 1.89. The van der Waals surface area contributed by atoms with Crippen molar-refractivity contribution >= 4 is 5.57 Å². The molecule has 0 spiro atoms. The molecule has 8 aromatic carbocycles. The van der Waals surface area contributed by atoms with Crippen molar-refractivity contribution in [1.82, 2.24) is 15.0 Å². The average Bonchev–Trinajstić information content (AvgIpc) is 3.75. The molecule has 11 rings (SSSR count). The van der Waals surface area contributed by atoms with E-state index in [9.17, 15) is 0 Å². The molecular formula is C54H35N3. The van der Waals surface area contributed by atoms with Crippen LogP contribution in [0.2, 0.25) is 0 Å². The Bertz CT molecular complexity index is 2910. The summed E-state index contributed by atoms with van der Waals surface area (Å²) in [6, 6.07) is 71.4. The predicted molar refractivity (Wildman–Crippen MR) is 232 cm³/mol. The Labute approximate surface area is 332 Å². The molecule has 0 radical (unpaired) electrons. The quantitative estimate of drug-likeness (QED) is 0.171. The molecule has 0 aliphatic heterocycles. The van der Waals surface area contributed by atoms with Crippen molar-refractivity contribution < 1.29 is 0 Å². The van der Waals surface area contributed by atoms with Crippen LogP contribution < -0.4 is 0 Å². The summed E-state index contributed by atoms with van der Waals surface area (Å²) in [4.78, 5) is 15.7. The summed E-state index contributed by atoms with van der Waals surface area (Å²) >= 11 is 0. The van der Waals surface area contributed by atoms with E-state index < -0.39 is 5.41 Å². The molecule has 3 nitrogen and oxygen atoms in total. The number of nitrogens with zero attached hydrogens (tertiary/aromatic N) is 3. The van der Waals surface area contributed by atoms with Crippen molar-refractivity contribution in [3.05, 3.63) is 240 Å². The number of rotatable bonds is 6. The van der Waals surface area contributed by atoms with E-state index in [4.69, 9.17) is 15.0 Å². The third-order valence-corrected chi connectivity index (χ3v) is 11.7. The number of hydrogen-bond donors (Lipinski definition) is 0. The zero-order chi connectivity index (χ0) is 37.9. The van der Waals surface area contributed by atoms with E-state index >= 15 is 0 Å². The summed E-state index contributed by atoms with van der Waals surface area (Å²) in [7, 11) is 0. The smallest absolute Gasteiger partial charge is 0.164 e. The molecule has 0 unspecified atom stereocenters. The normalized spacial score (nSPS) is 13.1. The Morgan fingerprint density at radius 1 is 0.298 bits per heavy atom.